The molecule has 0 fully saturated rings. The van der Waals surface area contributed by atoms with Crippen LogP contribution in [0.15, 0.2) is 78.9 Å². The molecule has 0 aliphatic heterocycles. The summed E-state index contributed by atoms with van der Waals surface area (Å²) in [5.74, 6) is -0.128. The molecule has 178 valence electrons. The number of amides is 2. The Morgan fingerprint density at radius 2 is 1.47 bits per heavy atom. The summed E-state index contributed by atoms with van der Waals surface area (Å²) in [6, 6.07) is 25.8. The number of rotatable bonds is 10. The fourth-order valence-electron chi connectivity index (χ4n) is 4.09. The minimum atomic E-state index is -0.587. The van der Waals surface area contributed by atoms with Crippen LogP contribution in [0.25, 0.3) is 0 Å². The molecule has 0 aromatic heterocycles. The van der Waals surface area contributed by atoms with Crippen molar-refractivity contribution < 1.29 is 9.59 Å². The third kappa shape index (κ3) is 7.58. The zero-order valence-electron chi connectivity index (χ0n) is 20.8. The zero-order valence-corrected chi connectivity index (χ0v) is 20.8. The molecule has 4 heteroatoms. The van der Waals surface area contributed by atoms with E-state index in [1.807, 2.05) is 69.3 Å². The van der Waals surface area contributed by atoms with Gasteiger partial charge in [-0.3, -0.25) is 9.59 Å². The van der Waals surface area contributed by atoms with Gasteiger partial charge in [-0.2, -0.15) is 0 Å². The lowest BCUT2D eigenvalue weighted by molar-refractivity contribution is -0.141. The Balaban J connectivity index is 1.90. The maximum absolute atomic E-state index is 13.6. The van der Waals surface area contributed by atoms with Crippen molar-refractivity contribution in [2.24, 2.45) is 0 Å². The zero-order chi connectivity index (χ0) is 24.5. The van der Waals surface area contributed by atoms with E-state index >= 15 is 0 Å². The molecule has 4 nitrogen and oxygen atoms in total. The summed E-state index contributed by atoms with van der Waals surface area (Å²) in [5.41, 5.74) is 5.52. The number of hydrogen-bond donors (Lipinski definition) is 1. The minimum Gasteiger partial charge on any atom is -0.352 e. The Labute approximate surface area is 204 Å². The summed E-state index contributed by atoms with van der Waals surface area (Å²) in [7, 11) is 0. The largest absolute Gasteiger partial charge is 0.352 e. The highest BCUT2D eigenvalue weighted by atomic mass is 16.2. The van der Waals surface area contributed by atoms with Crippen molar-refractivity contribution >= 4 is 11.8 Å². The third-order valence-corrected chi connectivity index (χ3v) is 5.89. The molecule has 0 saturated heterocycles. The van der Waals surface area contributed by atoms with Crippen LogP contribution in [0.5, 0.6) is 0 Å². The van der Waals surface area contributed by atoms with Gasteiger partial charge in [-0.1, -0.05) is 90.0 Å². The maximum atomic E-state index is 13.6. The summed E-state index contributed by atoms with van der Waals surface area (Å²) in [6.45, 7) is 8.39. The lowest BCUT2D eigenvalue weighted by Gasteiger charge is -2.32. The molecule has 2 amide bonds. The quantitative estimate of drug-likeness (QED) is 0.444. The van der Waals surface area contributed by atoms with Gasteiger partial charge in [0.25, 0.3) is 0 Å². The molecule has 3 rings (SSSR count). The molecule has 3 aromatic carbocycles. The molecule has 3 aromatic rings. The van der Waals surface area contributed by atoms with Gasteiger partial charge in [0.15, 0.2) is 0 Å². The topological polar surface area (TPSA) is 49.4 Å². The first-order valence-corrected chi connectivity index (χ1v) is 12.1. The van der Waals surface area contributed by atoms with Gasteiger partial charge in [0.1, 0.15) is 6.04 Å². The van der Waals surface area contributed by atoms with Gasteiger partial charge in [-0.05, 0) is 50.8 Å². The predicted octanol–water partition coefficient (Wildman–Crippen LogP) is 5.40. The molecule has 0 aliphatic rings. The monoisotopic (exact) mass is 456 g/mol. The van der Waals surface area contributed by atoms with E-state index in [1.165, 1.54) is 5.56 Å². The molecule has 0 bridgehead atoms. The van der Waals surface area contributed by atoms with Gasteiger partial charge in [0.2, 0.25) is 11.8 Å². The lowest BCUT2D eigenvalue weighted by atomic mass is 10.0. The first-order chi connectivity index (χ1) is 16.3. The van der Waals surface area contributed by atoms with Crippen LogP contribution in [0.2, 0.25) is 0 Å². The van der Waals surface area contributed by atoms with Gasteiger partial charge in [0, 0.05) is 25.4 Å². The Hall–Kier alpha value is -3.40. The minimum absolute atomic E-state index is 0.00532. The Morgan fingerprint density at radius 1 is 0.794 bits per heavy atom. The lowest BCUT2D eigenvalue weighted by Crippen LogP contribution is -2.51. The van der Waals surface area contributed by atoms with E-state index < -0.39 is 6.04 Å². The molecule has 0 unspecified atom stereocenters. The fourth-order valence-corrected chi connectivity index (χ4v) is 4.09. The summed E-state index contributed by atoms with van der Waals surface area (Å²) >= 11 is 0. The SMILES string of the molecule is Cc1ccc(CCC(=O)N(Cc2cccc(C)c2)[C@@H](Cc2ccccc2)C(=O)NC(C)C)cc1. The first kappa shape index (κ1) is 25.2. The van der Waals surface area contributed by atoms with E-state index in [1.54, 1.807) is 4.90 Å². The van der Waals surface area contributed by atoms with Crippen molar-refractivity contribution in [1.29, 1.82) is 0 Å². The fraction of sp³-hybridized carbons (Fsp3) is 0.333. The van der Waals surface area contributed by atoms with Crippen LogP contribution in [-0.4, -0.2) is 28.8 Å². The van der Waals surface area contributed by atoms with E-state index in [-0.39, 0.29) is 17.9 Å². The van der Waals surface area contributed by atoms with Crippen LogP contribution in [0, 0.1) is 13.8 Å². The smallest absolute Gasteiger partial charge is 0.243 e. The van der Waals surface area contributed by atoms with Crippen molar-refractivity contribution in [3.63, 3.8) is 0 Å². The van der Waals surface area contributed by atoms with E-state index in [9.17, 15) is 9.59 Å². The van der Waals surface area contributed by atoms with E-state index in [0.717, 1.165) is 22.3 Å². The number of nitrogens with one attached hydrogen (secondary N) is 1. The van der Waals surface area contributed by atoms with E-state index in [2.05, 4.69) is 42.6 Å². The number of carbonyl (C=O) groups is 2. The van der Waals surface area contributed by atoms with Gasteiger partial charge in [-0.25, -0.2) is 0 Å². The average Bonchev–Trinajstić information content (AvgIpc) is 2.81. The molecule has 0 aliphatic carbocycles. The summed E-state index contributed by atoms with van der Waals surface area (Å²) in [5, 5.41) is 3.04. The highest BCUT2D eigenvalue weighted by Gasteiger charge is 2.30. The summed E-state index contributed by atoms with van der Waals surface area (Å²) in [4.78, 5) is 28.8. The predicted molar refractivity (Wildman–Crippen MR) is 138 cm³/mol. The van der Waals surface area contributed by atoms with Crippen LogP contribution < -0.4 is 5.32 Å². The molecule has 34 heavy (non-hydrogen) atoms. The van der Waals surface area contributed by atoms with Crippen LogP contribution in [-0.2, 0) is 29.0 Å². The number of aryl methyl sites for hydroxylation is 3. The van der Waals surface area contributed by atoms with Crippen LogP contribution in [0.1, 0.15) is 48.1 Å². The maximum Gasteiger partial charge on any atom is 0.243 e. The Bertz CT molecular complexity index is 1070. The molecule has 0 spiro atoms. The molecule has 1 N–H and O–H groups in total. The van der Waals surface area contributed by atoms with Crippen LogP contribution in [0.4, 0.5) is 0 Å². The second kappa shape index (κ2) is 12.2. The highest BCUT2D eigenvalue weighted by molar-refractivity contribution is 5.88. The summed E-state index contributed by atoms with van der Waals surface area (Å²) < 4.78 is 0. The van der Waals surface area contributed by atoms with Crippen molar-refractivity contribution in [2.45, 2.75) is 65.6 Å². The number of nitrogens with zero attached hydrogens (tertiary/aromatic N) is 1. The molecule has 1 atom stereocenters. The highest BCUT2D eigenvalue weighted by Crippen LogP contribution is 2.18. The van der Waals surface area contributed by atoms with Crippen molar-refractivity contribution in [3.05, 3.63) is 107 Å². The first-order valence-electron chi connectivity index (χ1n) is 12.1. The second-order valence-electron chi connectivity index (χ2n) is 9.37. The van der Waals surface area contributed by atoms with Crippen molar-refractivity contribution in [3.8, 4) is 0 Å². The van der Waals surface area contributed by atoms with E-state index in [4.69, 9.17) is 0 Å². The third-order valence-electron chi connectivity index (χ3n) is 5.89. The Kier molecular flexibility index (Phi) is 9.03. The summed E-state index contributed by atoms with van der Waals surface area (Å²) in [6.07, 6.45) is 1.48. The molecular weight excluding hydrogens is 420 g/mol. The molecule has 0 radical (unpaired) electrons. The van der Waals surface area contributed by atoms with Gasteiger partial charge in [-0.15, -0.1) is 0 Å². The van der Waals surface area contributed by atoms with Gasteiger partial charge in [0.05, 0.1) is 0 Å². The van der Waals surface area contributed by atoms with Gasteiger partial charge >= 0.3 is 0 Å². The normalized spacial score (nSPS) is 11.8. The number of benzene rings is 3. The van der Waals surface area contributed by atoms with Crippen LogP contribution in [0.3, 0.4) is 0 Å². The molecular formula is C30H36N2O2. The standard InChI is InChI=1S/C30H36N2O2/c1-22(2)31-30(34)28(20-26-10-6-5-7-11-26)32(21-27-12-8-9-24(4)19-27)29(33)18-17-25-15-13-23(3)14-16-25/h5-16,19,22,28H,17-18,20-21H2,1-4H3,(H,31,34)/t28-/m0/s1. The van der Waals surface area contributed by atoms with E-state index in [0.29, 0.717) is 25.8 Å². The van der Waals surface area contributed by atoms with Crippen molar-refractivity contribution in [2.75, 3.05) is 0 Å². The number of hydrogen-bond acceptors (Lipinski definition) is 2. The molecule has 0 saturated carbocycles. The van der Waals surface area contributed by atoms with Gasteiger partial charge < -0.3 is 10.2 Å². The Morgan fingerprint density at radius 3 is 2.12 bits per heavy atom. The molecule has 0 heterocycles. The number of carbonyl (C=O) groups excluding carboxylic acids is 2. The second-order valence-corrected chi connectivity index (χ2v) is 9.37. The van der Waals surface area contributed by atoms with Crippen molar-refractivity contribution in [1.82, 2.24) is 10.2 Å². The average molecular weight is 457 g/mol. The van der Waals surface area contributed by atoms with Crippen LogP contribution >= 0.6 is 0 Å².